The maximum Gasteiger partial charge on any atom is 0.191 e. The summed E-state index contributed by atoms with van der Waals surface area (Å²) >= 11 is 0. The van der Waals surface area contributed by atoms with Gasteiger partial charge in [-0.05, 0) is 64.4 Å². The zero-order valence-electron chi connectivity index (χ0n) is 18.1. The molecule has 0 bridgehead atoms. The van der Waals surface area contributed by atoms with Crippen LogP contribution in [0.15, 0.2) is 27.8 Å². The number of piperidine rings is 1. The second-order valence-corrected chi connectivity index (χ2v) is 7.94. The molecule has 7 nitrogen and oxygen atoms in total. The first-order chi connectivity index (χ1) is 14.4. The van der Waals surface area contributed by atoms with Crippen LogP contribution >= 0.6 is 0 Å². The fourth-order valence-electron chi connectivity index (χ4n) is 4.11. The monoisotopic (exact) mass is 405 g/mol. The number of aliphatic imine (C=N–C) groups is 1. The quantitative estimate of drug-likeness (QED) is 0.354. The number of hydrogen-bond acceptors (Lipinski definition) is 5. The number of morpholine rings is 1. The molecule has 2 N–H and O–H groups in total. The molecule has 1 aromatic heterocycles. The normalized spacial score (nSPS) is 20.5. The highest BCUT2D eigenvalue weighted by atomic mass is 16.5. The Morgan fingerprint density at radius 1 is 1.10 bits per heavy atom. The number of rotatable bonds is 10. The predicted octanol–water partition coefficient (Wildman–Crippen LogP) is 2.47. The van der Waals surface area contributed by atoms with Crippen molar-refractivity contribution in [3.05, 3.63) is 24.2 Å². The zero-order chi connectivity index (χ0) is 20.2. The summed E-state index contributed by atoms with van der Waals surface area (Å²) in [5.74, 6) is 1.93. The molecular formula is C22H39N5O2. The standard InChI is InChI=1S/C22H39N5O2/c1-2-23-22(24-10-4-7-11-26-14-17-28-18-15-26)25-19-20(21-9-8-16-29-21)27-12-5-3-6-13-27/h8-9,16,20H,2-7,10-15,17-19H2,1H3,(H2,23,24,25). The van der Waals surface area contributed by atoms with E-state index in [9.17, 15) is 0 Å². The molecule has 0 aromatic carbocycles. The molecule has 7 heteroatoms. The lowest BCUT2D eigenvalue weighted by molar-refractivity contribution is 0.0372. The minimum Gasteiger partial charge on any atom is -0.468 e. The van der Waals surface area contributed by atoms with Crippen molar-refractivity contribution in [1.82, 2.24) is 20.4 Å². The molecule has 3 heterocycles. The predicted molar refractivity (Wildman–Crippen MR) is 117 cm³/mol. The molecule has 0 spiro atoms. The lowest BCUT2D eigenvalue weighted by Gasteiger charge is -2.32. The van der Waals surface area contributed by atoms with Crippen molar-refractivity contribution in [1.29, 1.82) is 0 Å². The van der Waals surface area contributed by atoms with Crippen LogP contribution in [-0.4, -0.2) is 81.3 Å². The molecular weight excluding hydrogens is 366 g/mol. The molecule has 2 aliphatic heterocycles. The summed E-state index contributed by atoms with van der Waals surface area (Å²) in [5.41, 5.74) is 0. The van der Waals surface area contributed by atoms with Gasteiger partial charge in [0, 0.05) is 26.2 Å². The molecule has 0 saturated carbocycles. The molecule has 2 fully saturated rings. The average molecular weight is 406 g/mol. The van der Waals surface area contributed by atoms with E-state index in [1.54, 1.807) is 6.26 Å². The average Bonchev–Trinajstić information content (AvgIpc) is 3.29. The number of nitrogens with one attached hydrogen (secondary N) is 2. The van der Waals surface area contributed by atoms with Gasteiger partial charge < -0.3 is 19.8 Å². The van der Waals surface area contributed by atoms with Crippen LogP contribution in [0.3, 0.4) is 0 Å². The van der Waals surface area contributed by atoms with Gasteiger partial charge in [-0.1, -0.05) is 6.42 Å². The second kappa shape index (κ2) is 12.9. The Morgan fingerprint density at radius 2 is 1.93 bits per heavy atom. The molecule has 2 aliphatic rings. The molecule has 1 aromatic rings. The van der Waals surface area contributed by atoms with Gasteiger partial charge >= 0.3 is 0 Å². The fraction of sp³-hybridized carbons (Fsp3) is 0.773. The maximum absolute atomic E-state index is 5.75. The van der Waals surface area contributed by atoms with E-state index in [-0.39, 0.29) is 6.04 Å². The lowest BCUT2D eigenvalue weighted by atomic mass is 10.1. The molecule has 1 unspecified atom stereocenters. The number of ether oxygens (including phenoxy) is 1. The van der Waals surface area contributed by atoms with E-state index < -0.39 is 0 Å². The Morgan fingerprint density at radius 3 is 2.66 bits per heavy atom. The Hall–Kier alpha value is -1.57. The summed E-state index contributed by atoms with van der Waals surface area (Å²) in [6.45, 7) is 12.0. The number of nitrogens with zero attached hydrogens (tertiary/aromatic N) is 3. The SMILES string of the molecule is CCNC(=NCC(c1ccco1)N1CCCCC1)NCCCCN1CCOCC1. The summed E-state index contributed by atoms with van der Waals surface area (Å²) in [7, 11) is 0. The highest BCUT2D eigenvalue weighted by molar-refractivity contribution is 5.79. The van der Waals surface area contributed by atoms with Crippen molar-refractivity contribution < 1.29 is 9.15 Å². The summed E-state index contributed by atoms with van der Waals surface area (Å²) in [6.07, 6.45) is 7.99. The first-order valence-corrected chi connectivity index (χ1v) is 11.5. The third kappa shape index (κ3) is 7.64. The van der Waals surface area contributed by atoms with Crippen LogP contribution in [0.4, 0.5) is 0 Å². The number of furan rings is 1. The lowest BCUT2D eigenvalue weighted by Crippen LogP contribution is -2.40. The third-order valence-electron chi connectivity index (χ3n) is 5.77. The van der Waals surface area contributed by atoms with Crippen molar-refractivity contribution in [3.63, 3.8) is 0 Å². The van der Waals surface area contributed by atoms with Gasteiger partial charge in [0.25, 0.3) is 0 Å². The van der Waals surface area contributed by atoms with E-state index in [0.29, 0.717) is 0 Å². The van der Waals surface area contributed by atoms with Crippen LogP contribution in [-0.2, 0) is 4.74 Å². The Labute approximate surface area is 175 Å². The zero-order valence-corrected chi connectivity index (χ0v) is 18.1. The maximum atomic E-state index is 5.75. The van der Waals surface area contributed by atoms with Gasteiger partial charge in [-0.2, -0.15) is 0 Å². The number of hydrogen-bond donors (Lipinski definition) is 2. The van der Waals surface area contributed by atoms with Crippen molar-refractivity contribution in [2.24, 2.45) is 4.99 Å². The first-order valence-electron chi connectivity index (χ1n) is 11.5. The highest BCUT2D eigenvalue weighted by Gasteiger charge is 2.24. The molecule has 164 valence electrons. The Balaban J connectivity index is 1.45. The minimum atomic E-state index is 0.224. The molecule has 1 atom stereocenters. The van der Waals surface area contributed by atoms with E-state index >= 15 is 0 Å². The van der Waals surface area contributed by atoms with Crippen LogP contribution in [0.5, 0.6) is 0 Å². The number of unbranched alkanes of at least 4 members (excludes halogenated alkanes) is 1. The molecule has 3 rings (SSSR count). The second-order valence-electron chi connectivity index (χ2n) is 7.94. The smallest absolute Gasteiger partial charge is 0.191 e. The van der Waals surface area contributed by atoms with Gasteiger partial charge in [0.15, 0.2) is 5.96 Å². The fourth-order valence-corrected chi connectivity index (χ4v) is 4.11. The molecule has 0 aliphatic carbocycles. The largest absolute Gasteiger partial charge is 0.468 e. The number of likely N-dealkylation sites (tertiary alicyclic amines) is 1. The van der Waals surface area contributed by atoms with Crippen LogP contribution in [0, 0.1) is 0 Å². The van der Waals surface area contributed by atoms with Gasteiger partial charge in [0.05, 0.1) is 32.1 Å². The third-order valence-corrected chi connectivity index (χ3v) is 5.77. The topological polar surface area (TPSA) is 65.3 Å². The van der Waals surface area contributed by atoms with Crippen molar-refractivity contribution in [2.45, 2.75) is 45.1 Å². The summed E-state index contributed by atoms with van der Waals surface area (Å²) in [5, 5.41) is 6.90. The number of guanidine groups is 1. The Kier molecular flexibility index (Phi) is 9.82. The molecule has 2 saturated heterocycles. The van der Waals surface area contributed by atoms with E-state index in [2.05, 4.69) is 33.4 Å². The van der Waals surface area contributed by atoms with E-state index in [4.69, 9.17) is 14.1 Å². The van der Waals surface area contributed by atoms with Crippen LogP contribution in [0.1, 0.15) is 50.8 Å². The summed E-state index contributed by atoms with van der Waals surface area (Å²) in [6, 6.07) is 4.29. The van der Waals surface area contributed by atoms with Gasteiger partial charge in [-0.15, -0.1) is 0 Å². The van der Waals surface area contributed by atoms with Gasteiger partial charge in [-0.25, -0.2) is 0 Å². The summed E-state index contributed by atoms with van der Waals surface area (Å²) < 4.78 is 11.2. The van der Waals surface area contributed by atoms with Gasteiger partial charge in [-0.3, -0.25) is 14.8 Å². The van der Waals surface area contributed by atoms with Crippen molar-refractivity contribution >= 4 is 5.96 Å². The van der Waals surface area contributed by atoms with Crippen LogP contribution in [0.2, 0.25) is 0 Å². The van der Waals surface area contributed by atoms with Crippen LogP contribution in [0.25, 0.3) is 0 Å². The molecule has 29 heavy (non-hydrogen) atoms. The first kappa shape index (κ1) is 22.1. The van der Waals surface area contributed by atoms with Crippen molar-refractivity contribution in [3.8, 4) is 0 Å². The molecule has 0 amide bonds. The van der Waals surface area contributed by atoms with E-state index in [1.807, 2.05) is 6.07 Å². The van der Waals surface area contributed by atoms with E-state index in [0.717, 1.165) is 83.7 Å². The Bertz CT molecular complexity index is 566. The minimum absolute atomic E-state index is 0.224. The van der Waals surface area contributed by atoms with E-state index in [1.165, 1.54) is 25.7 Å². The molecule has 0 radical (unpaired) electrons. The van der Waals surface area contributed by atoms with Crippen molar-refractivity contribution in [2.75, 3.05) is 65.6 Å². The highest BCUT2D eigenvalue weighted by Crippen LogP contribution is 2.25. The van der Waals surface area contributed by atoms with Crippen LogP contribution < -0.4 is 10.6 Å². The van der Waals surface area contributed by atoms with Gasteiger partial charge in [0.2, 0.25) is 0 Å². The van der Waals surface area contributed by atoms with Gasteiger partial charge in [0.1, 0.15) is 5.76 Å². The summed E-state index contributed by atoms with van der Waals surface area (Å²) in [4.78, 5) is 9.92.